The van der Waals surface area contributed by atoms with Crippen LogP contribution in [0.2, 0.25) is 0 Å². The largest absolute Gasteiger partial charge is 0.390 e. The summed E-state index contributed by atoms with van der Waals surface area (Å²) in [6.45, 7) is 3.90. The van der Waals surface area contributed by atoms with E-state index in [1.807, 2.05) is 34.7 Å². The van der Waals surface area contributed by atoms with E-state index >= 15 is 0 Å². The smallest absolute Gasteiger partial charge is 0.254 e. The molecule has 0 radical (unpaired) electrons. The SMILES string of the molecule is CCn1nc(CO)c2c1CCN(C(=O)c1ccc3ncsc3c1)C2. The number of fused-ring (bicyclic) bond motifs is 2. The number of aliphatic hydroxyl groups excluding tert-OH is 1. The van der Waals surface area contributed by atoms with Crippen LogP contribution in [0.5, 0.6) is 0 Å². The Balaban J connectivity index is 1.63. The number of carbonyl (C=O) groups excluding carboxylic acids is 1. The Kier molecular flexibility index (Phi) is 3.82. The van der Waals surface area contributed by atoms with Crippen LogP contribution in [0.3, 0.4) is 0 Å². The van der Waals surface area contributed by atoms with Gasteiger partial charge in [0.15, 0.2) is 0 Å². The third-order valence-electron chi connectivity index (χ3n) is 4.53. The van der Waals surface area contributed by atoms with Crippen LogP contribution in [0.25, 0.3) is 10.2 Å². The molecule has 0 fully saturated rings. The molecule has 3 heterocycles. The zero-order chi connectivity index (χ0) is 16.7. The van der Waals surface area contributed by atoms with E-state index in [1.54, 1.807) is 5.51 Å². The number of amides is 1. The number of hydrogen-bond donors (Lipinski definition) is 1. The summed E-state index contributed by atoms with van der Waals surface area (Å²) < 4.78 is 2.96. The summed E-state index contributed by atoms with van der Waals surface area (Å²) >= 11 is 1.54. The highest BCUT2D eigenvalue weighted by atomic mass is 32.1. The van der Waals surface area contributed by atoms with Crippen molar-refractivity contribution in [3.05, 3.63) is 46.2 Å². The molecule has 0 aliphatic carbocycles. The minimum atomic E-state index is -0.0931. The van der Waals surface area contributed by atoms with Crippen molar-refractivity contribution < 1.29 is 9.90 Å². The highest BCUT2D eigenvalue weighted by Gasteiger charge is 2.27. The van der Waals surface area contributed by atoms with Gasteiger partial charge in [0.1, 0.15) is 0 Å². The maximum Gasteiger partial charge on any atom is 0.254 e. The molecule has 1 aromatic carbocycles. The maximum absolute atomic E-state index is 12.9. The van der Waals surface area contributed by atoms with Crippen molar-refractivity contribution >= 4 is 27.5 Å². The predicted octanol–water partition coefficient (Wildman–Crippen LogP) is 2.20. The van der Waals surface area contributed by atoms with Crippen molar-refractivity contribution in [3.63, 3.8) is 0 Å². The Morgan fingerprint density at radius 2 is 2.29 bits per heavy atom. The number of aliphatic hydroxyl groups is 1. The second kappa shape index (κ2) is 5.99. The molecule has 0 saturated heterocycles. The maximum atomic E-state index is 12.9. The van der Waals surface area contributed by atoms with Crippen LogP contribution in [-0.4, -0.2) is 37.2 Å². The predicted molar refractivity (Wildman–Crippen MR) is 91.9 cm³/mol. The second-order valence-corrected chi connectivity index (χ2v) is 6.74. The fourth-order valence-corrected chi connectivity index (χ4v) is 4.01. The molecule has 6 nitrogen and oxygen atoms in total. The number of carbonyl (C=O) groups is 1. The van der Waals surface area contributed by atoms with Crippen LogP contribution in [-0.2, 0) is 26.1 Å². The third-order valence-corrected chi connectivity index (χ3v) is 5.32. The third kappa shape index (κ3) is 2.40. The van der Waals surface area contributed by atoms with E-state index in [0.717, 1.165) is 34.4 Å². The van der Waals surface area contributed by atoms with Crippen molar-refractivity contribution in [2.24, 2.45) is 0 Å². The highest BCUT2D eigenvalue weighted by Crippen LogP contribution is 2.25. The minimum Gasteiger partial charge on any atom is -0.390 e. The van der Waals surface area contributed by atoms with Gasteiger partial charge in [0.05, 0.1) is 28.0 Å². The van der Waals surface area contributed by atoms with Gasteiger partial charge in [-0.15, -0.1) is 11.3 Å². The first-order valence-electron chi connectivity index (χ1n) is 8.02. The summed E-state index contributed by atoms with van der Waals surface area (Å²) in [5.41, 5.74) is 6.22. The molecule has 3 aromatic rings. The number of aromatic nitrogens is 3. The van der Waals surface area contributed by atoms with Crippen molar-refractivity contribution in [1.82, 2.24) is 19.7 Å². The van der Waals surface area contributed by atoms with E-state index in [2.05, 4.69) is 10.1 Å². The summed E-state index contributed by atoms with van der Waals surface area (Å²) in [5.74, 6) is 0.0177. The lowest BCUT2D eigenvalue weighted by atomic mass is 10.0. The summed E-state index contributed by atoms with van der Waals surface area (Å²) in [5, 5.41) is 14.0. The first kappa shape index (κ1) is 15.3. The Hall–Kier alpha value is -2.25. The molecule has 1 aliphatic heterocycles. The molecule has 124 valence electrons. The van der Waals surface area contributed by atoms with Crippen molar-refractivity contribution in [2.75, 3.05) is 6.54 Å². The first-order chi connectivity index (χ1) is 11.7. The second-order valence-electron chi connectivity index (χ2n) is 5.86. The summed E-state index contributed by atoms with van der Waals surface area (Å²) in [6, 6.07) is 5.64. The molecule has 24 heavy (non-hydrogen) atoms. The summed E-state index contributed by atoms with van der Waals surface area (Å²) in [7, 11) is 0. The number of benzene rings is 1. The lowest BCUT2D eigenvalue weighted by Gasteiger charge is -2.28. The molecule has 4 rings (SSSR count). The average molecular weight is 342 g/mol. The normalized spacial score (nSPS) is 14.2. The fourth-order valence-electron chi connectivity index (χ4n) is 3.29. The molecule has 0 unspecified atom stereocenters. The topological polar surface area (TPSA) is 71.2 Å². The van der Waals surface area contributed by atoms with Crippen LogP contribution < -0.4 is 0 Å². The average Bonchev–Trinajstić information content (AvgIpc) is 3.23. The molecule has 0 atom stereocenters. The van der Waals surface area contributed by atoms with Crippen molar-refractivity contribution in [1.29, 1.82) is 0 Å². The lowest BCUT2D eigenvalue weighted by molar-refractivity contribution is 0.0732. The molecule has 0 bridgehead atoms. The van der Waals surface area contributed by atoms with Gasteiger partial charge in [-0.05, 0) is 25.1 Å². The fraction of sp³-hybridized carbons (Fsp3) is 0.353. The molecule has 0 saturated carbocycles. The van der Waals surface area contributed by atoms with Gasteiger partial charge in [-0.1, -0.05) is 0 Å². The van der Waals surface area contributed by atoms with E-state index in [4.69, 9.17) is 0 Å². The van der Waals surface area contributed by atoms with Crippen LogP contribution in [0.4, 0.5) is 0 Å². The number of rotatable bonds is 3. The van der Waals surface area contributed by atoms with E-state index in [1.165, 1.54) is 11.3 Å². The van der Waals surface area contributed by atoms with Gasteiger partial charge in [0, 0.05) is 42.9 Å². The standard InChI is InChI=1S/C17H18N4O2S/c1-2-21-15-5-6-20(8-12(15)14(9-22)19-21)17(23)11-3-4-13-16(7-11)24-10-18-13/h3-4,7,10,22H,2,5-6,8-9H2,1H3. The van der Waals surface area contributed by atoms with Crippen molar-refractivity contribution in [3.8, 4) is 0 Å². The lowest BCUT2D eigenvalue weighted by Crippen LogP contribution is -2.36. The Bertz CT molecular complexity index is 915. The number of nitrogens with zero attached hydrogens (tertiary/aromatic N) is 4. The molecule has 1 aliphatic rings. The van der Waals surface area contributed by atoms with Gasteiger partial charge in [-0.2, -0.15) is 5.10 Å². The molecule has 0 spiro atoms. The molecule has 1 amide bonds. The molecule has 7 heteroatoms. The van der Waals surface area contributed by atoms with Gasteiger partial charge in [-0.25, -0.2) is 4.98 Å². The molecular weight excluding hydrogens is 324 g/mol. The Morgan fingerprint density at radius 3 is 3.08 bits per heavy atom. The van der Waals surface area contributed by atoms with Crippen LogP contribution >= 0.6 is 11.3 Å². The van der Waals surface area contributed by atoms with Gasteiger partial charge in [-0.3, -0.25) is 9.48 Å². The molecule has 1 N–H and O–H groups in total. The number of aryl methyl sites for hydroxylation is 1. The van der Waals surface area contributed by atoms with E-state index < -0.39 is 0 Å². The summed E-state index contributed by atoms with van der Waals surface area (Å²) in [4.78, 5) is 19.0. The Labute approximate surface area is 143 Å². The van der Waals surface area contributed by atoms with E-state index in [0.29, 0.717) is 24.3 Å². The number of hydrogen-bond acceptors (Lipinski definition) is 5. The van der Waals surface area contributed by atoms with Crippen LogP contribution in [0.15, 0.2) is 23.7 Å². The van der Waals surface area contributed by atoms with E-state index in [-0.39, 0.29) is 12.5 Å². The minimum absolute atomic E-state index is 0.0177. The number of thiazole rings is 1. The first-order valence-corrected chi connectivity index (χ1v) is 8.90. The zero-order valence-corrected chi connectivity index (χ0v) is 14.2. The quantitative estimate of drug-likeness (QED) is 0.792. The van der Waals surface area contributed by atoms with Gasteiger partial charge < -0.3 is 10.0 Å². The summed E-state index contributed by atoms with van der Waals surface area (Å²) in [6.07, 6.45) is 0.769. The van der Waals surface area contributed by atoms with E-state index in [9.17, 15) is 9.90 Å². The van der Waals surface area contributed by atoms with Crippen molar-refractivity contribution in [2.45, 2.75) is 33.0 Å². The molecule has 2 aromatic heterocycles. The van der Waals surface area contributed by atoms with Gasteiger partial charge >= 0.3 is 0 Å². The Morgan fingerprint density at radius 1 is 1.42 bits per heavy atom. The van der Waals surface area contributed by atoms with Crippen LogP contribution in [0.1, 0.15) is 34.2 Å². The highest BCUT2D eigenvalue weighted by molar-refractivity contribution is 7.16. The van der Waals surface area contributed by atoms with Crippen LogP contribution in [0, 0.1) is 0 Å². The van der Waals surface area contributed by atoms with Gasteiger partial charge in [0.25, 0.3) is 5.91 Å². The van der Waals surface area contributed by atoms with Gasteiger partial charge in [0.2, 0.25) is 0 Å². The zero-order valence-electron chi connectivity index (χ0n) is 13.4. The monoisotopic (exact) mass is 342 g/mol. The molecular formula is C17H18N4O2S.